The van der Waals surface area contributed by atoms with Gasteiger partial charge >= 0.3 is 0 Å². The lowest BCUT2D eigenvalue weighted by Crippen LogP contribution is -2.24. The predicted molar refractivity (Wildman–Crippen MR) is 73.4 cm³/mol. The fraction of sp³-hybridized carbons (Fsp3) is 0.833. The van der Waals surface area contributed by atoms with E-state index in [1.807, 2.05) is 30.4 Å². The Morgan fingerprint density at radius 1 is 1.20 bits per heavy atom. The van der Waals surface area contributed by atoms with Gasteiger partial charge in [0.1, 0.15) is 4.08 Å². The van der Waals surface area contributed by atoms with Crippen LogP contribution in [0.1, 0.15) is 40.5 Å². The average molecular weight is 246 g/mol. The highest BCUT2D eigenvalue weighted by Crippen LogP contribution is 2.40. The zero-order valence-corrected chi connectivity index (χ0v) is 11.8. The maximum atomic E-state index is 9.55. The van der Waals surface area contributed by atoms with Gasteiger partial charge in [-0.05, 0) is 18.4 Å². The summed E-state index contributed by atoms with van der Waals surface area (Å²) in [4.78, 5) is 0. The lowest BCUT2D eigenvalue weighted by Gasteiger charge is -2.28. The molecule has 0 aliphatic rings. The summed E-state index contributed by atoms with van der Waals surface area (Å²) in [5.41, 5.74) is 0. The van der Waals surface area contributed by atoms with Crippen LogP contribution in [0.5, 0.6) is 0 Å². The Balaban J connectivity index is 4.70. The highest BCUT2D eigenvalue weighted by atomic mass is 32.2. The summed E-state index contributed by atoms with van der Waals surface area (Å²) in [7, 11) is 0. The van der Waals surface area contributed by atoms with Crippen LogP contribution in [0.4, 0.5) is 0 Å². The second-order valence-corrected chi connectivity index (χ2v) is 6.71. The molecule has 0 bridgehead atoms. The van der Waals surface area contributed by atoms with Gasteiger partial charge < -0.3 is 5.11 Å². The molecule has 0 aliphatic heterocycles. The van der Waals surface area contributed by atoms with Crippen LogP contribution in [0.3, 0.4) is 0 Å². The lowest BCUT2D eigenvalue weighted by atomic mass is 10.2. The summed E-state index contributed by atoms with van der Waals surface area (Å²) in [6.45, 7) is 8.19. The molecule has 0 rings (SSSR count). The first-order chi connectivity index (χ1) is 7.10. The molecular weight excluding hydrogens is 224 g/mol. The van der Waals surface area contributed by atoms with E-state index in [1.165, 1.54) is 0 Å². The van der Waals surface area contributed by atoms with E-state index in [-0.39, 0.29) is 10.2 Å². The number of aliphatic hydroxyl groups excluding tert-OH is 1. The van der Waals surface area contributed by atoms with Crippen LogP contribution < -0.4 is 0 Å². The minimum Gasteiger partial charge on any atom is -0.393 e. The van der Waals surface area contributed by atoms with Gasteiger partial charge in [-0.1, -0.05) is 26.7 Å². The fourth-order valence-electron chi connectivity index (χ4n) is 1.36. The Hall–Kier alpha value is 0.220. The number of hydrogen-bond acceptors (Lipinski definition) is 3. The summed E-state index contributed by atoms with van der Waals surface area (Å²) in [6, 6.07) is 0. The smallest absolute Gasteiger partial charge is 0.124 e. The third kappa shape index (κ3) is 6.40. The minimum absolute atomic E-state index is 0.103. The molecule has 3 heteroatoms. The standard InChI is InChI=1S/C12H22OS2/c1-5-8-9-12(14-6-2,15-7-3)10-11(4)13/h11,13H,5-7,10H2,1-4H3/t11-/m1/s1. The molecule has 1 N–H and O–H groups in total. The van der Waals surface area contributed by atoms with E-state index in [9.17, 15) is 5.11 Å². The van der Waals surface area contributed by atoms with Crippen molar-refractivity contribution in [2.24, 2.45) is 0 Å². The van der Waals surface area contributed by atoms with Crippen LogP contribution in [-0.2, 0) is 0 Å². The van der Waals surface area contributed by atoms with Crippen molar-refractivity contribution in [1.29, 1.82) is 0 Å². The van der Waals surface area contributed by atoms with Crippen molar-refractivity contribution < 1.29 is 5.11 Å². The van der Waals surface area contributed by atoms with Crippen LogP contribution in [0.15, 0.2) is 0 Å². The van der Waals surface area contributed by atoms with Crippen LogP contribution in [0.2, 0.25) is 0 Å². The Morgan fingerprint density at radius 2 is 1.73 bits per heavy atom. The van der Waals surface area contributed by atoms with Crippen molar-refractivity contribution >= 4 is 23.5 Å². The van der Waals surface area contributed by atoms with E-state index < -0.39 is 0 Å². The first-order valence-electron chi connectivity index (χ1n) is 5.56. The SMILES string of the molecule is CCC#CC(C[C@@H](C)O)(SCC)SCC. The quantitative estimate of drug-likeness (QED) is 0.573. The predicted octanol–water partition coefficient (Wildman–Crippen LogP) is 3.37. The molecule has 0 amide bonds. The molecule has 0 unspecified atom stereocenters. The molecule has 1 nitrogen and oxygen atoms in total. The number of thioether (sulfide) groups is 2. The third-order valence-corrected chi connectivity index (χ3v) is 4.53. The number of aliphatic hydroxyl groups is 1. The van der Waals surface area contributed by atoms with Crippen molar-refractivity contribution in [3.05, 3.63) is 0 Å². The van der Waals surface area contributed by atoms with Gasteiger partial charge in [0.15, 0.2) is 0 Å². The van der Waals surface area contributed by atoms with Gasteiger partial charge in [-0.3, -0.25) is 0 Å². The molecule has 0 aromatic heterocycles. The number of rotatable bonds is 6. The van der Waals surface area contributed by atoms with Gasteiger partial charge in [0.05, 0.1) is 6.10 Å². The Labute approximate surface area is 103 Å². The molecule has 0 saturated heterocycles. The van der Waals surface area contributed by atoms with Gasteiger partial charge in [-0.15, -0.1) is 29.4 Å². The van der Waals surface area contributed by atoms with E-state index in [1.54, 1.807) is 0 Å². The van der Waals surface area contributed by atoms with Crippen molar-refractivity contribution in [3.8, 4) is 11.8 Å². The van der Waals surface area contributed by atoms with E-state index in [2.05, 4.69) is 32.6 Å². The zero-order valence-electron chi connectivity index (χ0n) is 10.2. The van der Waals surface area contributed by atoms with E-state index in [0.717, 1.165) is 24.3 Å². The van der Waals surface area contributed by atoms with Crippen LogP contribution in [0, 0.1) is 11.8 Å². The number of hydrogen-bond donors (Lipinski definition) is 1. The molecule has 0 fully saturated rings. The molecule has 0 spiro atoms. The molecule has 1 atom stereocenters. The molecule has 0 heterocycles. The maximum absolute atomic E-state index is 9.55. The second kappa shape index (κ2) is 8.38. The van der Waals surface area contributed by atoms with E-state index in [0.29, 0.717) is 0 Å². The Kier molecular flexibility index (Phi) is 8.50. The van der Waals surface area contributed by atoms with Crippen molar-refractivity contribution in [2.75, 3.05) is 11.5 Å². The summed E-state index contributed by atoms with van der Waals surface area (Å²) >= 11 is 3.69. The molecule has 0 aromatic rings. The molecular formula is C12H22OS2. The first-order valence-corrected chi connectivity index (χ1v) is 7.53. The van der Waals surface area contributed by atoms with Gasteiger partial charge in [-0.25, -0.2) is 0 Å². The Morgan fingerprint density at radius 3 is 2.07 bits per heavy atom. The summed E-state index contributed by atoms with van der Waals surface area (Å²) < 4.78 is -0.103. The highest BCUT2D eigenvalue weighted by molar-refractivity contribution is 8.18. The fourth-order valence-corrected chi connectivity index (χ4v) is 4.34. The van der Waals surface area contributed by atoms with E-state index in [4.69, 9.17) is 0 Å². The average Bonchev–Trinajstić information content (AvgIpc) is 2.14. The molecule has 0 aromatic carbocycles. The van der Waals surface area contributed by atoms with Crippen LogP contribution >= 0.6 is 23.5 Å². The maximum Gasteiger partial charge on any atom is 0.124 e. The minimum atomic E-state index is -0.283. The molecule has 88 valence electrons. The van der Waals surface area contributed by atoms with Crippen molar-refractivity contribution in [2.45, 2.75) is 50.7 Å². The lowest BCUT2D eigenvalue weighted by molar-refractivity contribution is 0.185. The first kappa shape index (κ1) is 15.2. The molecule has 0 radical (unpaired) electrons. The highest BCUT2D eigenvalue weighted by Gasteiger charge is 2.29. The zero-order chi connectivity index (χ0) is 11.7. The summed E-state index contributed by atoms with van der Waals surface area (Å²) in [5.74, 6) is 8.57. The summed E-state index contributed by atoms with van der Waals surface area (Å²) in [5, 5.41) is 9.55. The normalized spacial score (nSPS) is 13.1. The summed E-state index contributed by atoms with van der Waals surface area (Å²) in [6.07, 6.45) is 1.35. The van der Waals surface area contributed by atoms with Crippen molar-refractivity contribution in [1.82, 2.24) is 0 Å². The molecule has 0 aliphatic carbocycles. The van der Waals surface area contributed by atoms with Crippen molar-refractivity contribution in [3.63, 3.8) is 0 Å². The Bertz CT molecular complexity index is 209. The molecule has 0 saturated carbocycles. The molecule has 15 heavy (non-hydrogen) atoms. The van der Waals surface area contributed by atoms with E-state index >= 15 is 0 Å². The van der Waals surface area contributed by atoms with Gasteiger partial charge in [0, 0.05) is 12.8 Å². The van der Waals surface area contributed by atoms with Gasteiger partial charge in [-0.2, -0.15) is 0 Å². The topological polar surface area (TPSA) is 20.2 Å². The van der Waals surface area contributed by atoms with Crippen LogP contribution in [0.25, 0.3) is 0 Å². The second-order valence-electron chi connectivity index (χ2n) is 3.33. The van der Waals surface area contributed by atoms with Gasteiger partial charge in [0.25, 0.3) is 0 Å². The third-order valence-electron chi connectivity index (χ3n) is 1.77. The largest absolute Gasteiger partial charge is 0.393 e. The van der Waals surface area contributed by atoms with Gasteiger partial charge in [0.2, 0.25) is 0 Å². The van der Waals surface area contributed by atoms with Crippen LogP contribution in [-0.4, -0.2) is 26.8 Å². The monoisotopic (exact) mass is 246 g/mol.